The molecular formula is C17H34O6Si. The maximum Gasteiger partial charge on any atom is 0.305 e. The summed E-state index contributed by atoms with van der Waals surface area (Å²) in [6, 6.07) is 0. The molecule has 7 heteroatoms. The van der Waals surface area contributed by atoms with Gasteiger partial charge in [-0.2, -0.15) is 0 Å². The molecule has 1 fully saturated rings. The van der Waals surface area contributed by atoms with Crippen LogP contribution < -0.4 is 0 Å². The summed E-state index contributed by atoms with van der Waals surface area (Å²) >= 11 is 0. The fourth-order valence-electron chi connectivity index (χ4n) is 2.57. The SMILES string of the molecule is COC(=O)CC[C@@]1(CO[Si](C)(C)C(C)(C)C)OC(C)(C)O[C@H]1CO. The van der Waals surface area contributed by atoms with Gasteiger partial charge in [0.2, 0.25) is 0 Å². The molecule has 1 saturated heterocycles. The molecule has 0 spiro atoms. The molecule has 0 aliphatic carbocycles. The zero-order valence-electron chi connectivity index (χ0n) is 16.4. The second-order valence-electron chi connectivity index (χ2n) is 8.48. The Labute approximate surface area is 146 Å². The highest BCUT2D eigenvalue weighted by atomic mass is 28.4. The lowest BCUT2D eigenvalue weighted by atomic mass is 9.92. The van der Waals surface area contributed by atoms with Gasteiger partial charge in [-0.1, -0.05) is 20.8 Å². The van der Waals surface area contributed by atoms with E-state index in [2.05, 4.69) is 33.9 Å². The van der Waals surface area contributed by atoms with Crippen LogP contribution in [0.1, 0.15) is 47.5 Å². The fourth-order valence-corrected chi connectivity index (χ4v) is 3.61. The molecule has 0 unspecified atom stereocenters. The lowest BCUT2D eigenvalue weighted by Crippen LogP contribution is -2.51. The molecule has 6 nitrogen and oxygen atoms in total. The van der Waals surface area contributed by atoms with Crippen LogP contribution in [0.5, 0.6) is 0 Å². The van der Waals surface area contributed by atoms with E-state index in [-0.39, 0.29) is 30.6 Å². The third kappa shape index (κ3) is 5.02. The standard InChI is InChI=1S/C17H34O6Si/c1-15(2,3)24(7,8)21-12-17(10-9-14(19)20-6)13(11-18)22-16(4,5)23-17/h13,18H,9-12H2,1-8H3/t13-,17-/m0/s1. The summed E-state index contributed by atoms with van der Waals surface area (Å²) < 4.78 is 23.1. The molecule has 0 aromatic rings. The minimum atomic E-state index is -2.01. The normalized spacial score (nSPS) is 27.3. The topological polar surface area (TPSA) is 74.2 Å². The van der Waals surface area contributed by atoms with Crippen molar-refractivity contribution in [3.8, 4) is 0 Å². The van der Waals surface area contributed by atoms with Crippen molar-refractivity contribution >= 4 is 14.3 Å². The average Bonchev–Trinajstić information content (AvgIpc) is 2.72. The van der Waals surface area contributed by atoms with Crippen LogP contribution in [0.3, 0.4) is 0 Å². The Morgan fingerprint density at radius 2 is 1.88 bits per heavy atom. The van der Waals surface area contributed by atoms with E-state index < -0.39 is 25.8 Å². The molecule has 0 aromatic heterocycles. The summed E-state index contributed by atoms with van der Waals surface area (Å²) in [6.45, 7) is 14.5. The van der Waals surface area contributed by atoms with E-state index in [1.54, 1.807) is 0 Å². The molecular weight excluding hydrogens is 328 g/mol. The zero-order chi connectivity index (χ0) is 18.8. The van der Waals surface area contributed by atoms with Crippen molar-refractivity contribution < 1.29 is 28.5 Å². The maximum atomic E-state index is 11.6. The van der Waals surface area contributed by atoms with Crippen LogP contribution in [-0.2, 0) is 23.4 Å². The third-order valence-electron chi connectivity index (χ3n) is 5.09. The van der Waals surface area contributed by atoms with Gasteiger partial charge in [0.25, 0.3) is 0 Å². The Balaban J connectivity index is 3.00. The monoisotopic (exact) mass is 362 g/mol. The number of hydrogen-bond acceptors (Lipinski definition) is 6. The van der Waals surface area contributed by atoms with Gasteiger partial charge in [0.1, 0.15) is 11.7 Å². The number of esters is 1. The van der Waals surface area contributed by atoms with Crippen LogP contribution in [-0.4, -0.2) is 57.2 Å². The summed E-state index contributed by atoms with van der Waals surface area (Å²) in [5.74, 6) is -1.15. The third-order valence-corrected chi connectivity index (χ3v) is 9.57. The number of carbonyl (C=O) groups excluding carboxylic acids is 1. The minimum absolute atomic E-state index is 0.0558. The summed E-state index contributed by atoms with van der Waals surface area (Å²) in [4.78, 5) is 11.6. The highest BCUT2D eigenvalue weighted by Gasteiger charge is 2.54. The first-order valence-electron chi connectivity index (χ1n) is 8.48. The van der Waals surface area contributed by atoms with Crippen LogP contribution in [0.4, 0.5) is 0 Å². The van der Waals surface area contributed by atoms with E-state index in [0.29, 0.717) is 6.42 Å². The molecule has 2 atom stereocenters. The number of methoxy groups -OCH3 is 1. The van der Waals surface area contributed by atoms with Crippen molar-refractivity contribution in [2.24, 2.45) is 0 Å². The lowest BCUT2D eigenvalue weighted by molar-refractivity contribution is -0.173. The zero-order valence-corrected chi connectivity index (χ0v) is 17.4. The molecule has 0 aromatic carbocycles. The van der Waals surface area contributed by atoms with Gasteiger partial charge >= 0.3 is 5.97 Å². The summed E-state index contributed by atoms with van der Waals surface area (Å²) in [5.41, 5.74) is -0.859. The van der Waals surface area contributed by atoms with Gasteiger partial charge in [0.15, 0.2) is 14.1 Å². The van der Waals surface area contributed by atoms with E-state index in [4.69, 9.17) is 18.6 Å². The van der Waals surface area contributed by atoms with Gasteiger partial charge in [-0.25, -0.2) is 0 Å². The highest BCUT2D eigenvalue weighted by molar-refractivity contribution is 6.74. The highest BCUT2D eigenvalue weighted by Crippen LogP contribution is 2.43. The van der Waals surface area contributed by atoms with Crippen molar-refractivity contribution in [2.45, 2.75) is 83.1 Å². The minimum Gasteiger partial charge on any atom is -0.469 e. The van der Waals surface area contributed by atoms with E-state index in [0.717, 1.165) is 0 Å². The number of ether oxygens (including phenoxy) is 3. The first kappa shape index (κ1) is 21.6. The molecule has 0 bridgehead atoms. The molecule has 0 amide bonds. The van der Waals surface area contributed by atoms with E-state index >= 15 is 0 Å². The van der Waals surface area contributed by atoms with Crippen molar-refractivity contribution in [1.82, 2.24) is 0 Å². The van der Waals surface area contributed by atoms with E-state index in [1.165, 1.54) is 7.11 Å². The molecule has 1 N–H and O–H groups in total. The first-order chi connectivity index (χ1) is 10.8. The fraction of sp³-hybridized carbons (Fsp3) is 0.941. The van der Waals surface area contributed by atoms with Crippen molar-refractivity contribution in [2.75, 3.05) is 20.3 Å². The Morgan fingerprint density at radius 3 is 2.33 bits per heavy atom. The summed E-state index contributed by atoms with van der Waals surface area (Å²) in [7, 11) is -0.644. The van der Waals surface area contributed by atoms with Crippen LogP contribution in [0.2, 0.25) is 18.1 Å². The number of aliphatic hydroxyl groups is 1. The smallest absolute Gasteiger partial charge is 0.305 e. The van der Waals surface area contributed by atoms with E-state index in [9.17, 15) is 9.90 Å². The van der Waals surface area contributed by atoms with Gasteiger partial charge in [-0.3, -0.25) is 4.79 Å². The number of aliphatic hydroxyl groups excluding tert-OH is 1. The van der Waals surface area contributed by atoms with Gasteiger partial charge in [0, 0.05) is 6.42 Å². The Kier molecular flexibility index (Phi) is 6.66. The molecule has 1 aliphatic heterocycles. The second kappa shape index (κ2) is 7.41. The van der Waals surface area contributed by atoms with Crippen LogP contribution in [0.15, 0.2) is 0 Å². The molecule has 1 rings (SSSR count). The average molecular weight is 363 g/mol. The molecule has 1 heterocycles. The van der Waals surface area contributed by atoms with Crippen molar-refractivity contribution in [3.05, 3.63) is 0 Å². The quantitative estimate of drug-likeness (QED) is 0.554. The first-order valence-corrected chi connectivity index (χ1v) is 11.4. The Hall–Kier alpha value is -0.473. The predicted octanol–water partition coefficient (Wildman–Crippen LogP) is 2.84. The largest absolute Gasteiger partial charge is 0.469 e. The van der Waals surface area contributed by atoms with Crippen molar-refractivity contribution in [1.29, 1.82) is 0 Å². The molecule has 24 heavy (non-hydrogen) atoms. The lowest BCUT2D eigenvalue weighted by Gasteiger charge is -2.40. The van der Waals surface area contributed by atoms with Crippen LogP contribution in [0, 0.1) is 0 Å². The second-order valence-corrected chi connectivity index (χ2v) is 13.3. The van der Waals surface area contributed by atoms with Gasteiger partial charge < -0.3 is 23.7 Å². The summed E-state index contributed by atoms with van der Waals surface area (Å²) in [5, 5.41) is 9.84. The van der Waals surface area contributed by atoms with E-state index in [1.807, 2.05) is 13.8 Å². The molecule has 1 aliphatic rings. The number of rotatable bonds is 7. The number of carbonyl (C=O) groups is 1. The van der Waals surface area contributed by atoms with Crippen molar-refractivity contribution in [3.63, 3.8) is 0 Å². The van der Waals surface area contributed by atoms with Gasteiger partial charge in [0.05, 0.1) is 20.3 Å². The maximum absolute atomic E-state index is 11.6. The van der Waals surface area contributed by atoms with Gasteiger partial charge in [-0.05, 0) is 38.4 Å². The number of hydrogen-bond donors (Lipinski definition) is 1. The molecule has 142 valence electrons. The molecule has 0 saturated carbocycles. The Morgan fingerprint density at radius 1 is 1.29 bits per heavy atom. The van der Waals surface area contributed by atoms with Crippen LogP contribution >= 0.6 is 0 Å². The predicted molar refractivity (Wildman–Crippen MR) is 94.3 cm³/mol. The Bertz CT molecular complexity index is 443. The van der Waals surface area contributed by atoms with Crippen LogP contribution in [0.25, 0.3) is 0 Å². The summed E-state index contributed by atoms with van der Waals surface area (Å²) in [6.07, 6.45) is 0.0258. The molecule has 0 radical (unpaired) electrons. The van der Waals surface area contributed by atoms with Gasteiger partial charge in [-0.15, -0.1) is 0 Å².